The molecule has 1 aromatic carbocycles. The molecular formula is C13H16BN3O5PS. The fourth-order valence-electron chi connectivity index (χ4n) is 2.41. The minimum Gasteiger partial charge on any atom is -0.478 e. The normalized spacial score (nSPS) is 20.3. The summed E-state index contributed by atoms with van der Waals surface area (Å²) in [5.41, 5.74) is 0.0962. The van der Waals surface area contributed by atoms with Crippen molar-refractivity contribution >= 4 is 52.2 Å². The van der Waals surface area contributed by atoms with Crippen molar-refractivity contribution in [1.29, 1.82) is 0 Å². The SMILES string of the molecule is O=C(O)c1cccc(NC(=O)[C@@H]2C[C@H](S)CN2C(=O)PN[B]O)c1. The fraction of sp³-hybridized carbons (Fsp3) is 0.308. The van der Waals surface area contributed by atoms with Crippen molar-refractivity contribution in [2.75, 3.05) is 11.9 Å². The number of benzene rings is 1. The highest BCUT2D eigenvalue weighted by Crippen LogP contribution is 2.27. The molecule has 1 unspecified atom stereocenters. The molecule has 24 heavy (non-hydrogen) atoms. The molecule has 3 atom stereocenters. The minimum absolute atomic E-state index is 0.0587. The van der Waals surface area contributed by atoms with Gasteiger partial charge in [-0.25, -0.2) is 4.79 Å². The molecule has 0 saturated carbocycles. The zero-order chi connectivity index (χ0) is 17.7. The number of likely N-dealkylation sites (tertiary alicyclic amines) is 1. The van der Waals surface area contributed by atoms with E-state index in [-0.39, 0.29) is 25.2 Å². The van der Waals surface area contributed by atoms with E-state index in [1.54, 1.807) is 6.07 Å². The van der Waals surface area contributed by atoms with Gasteiger partial charge in [-0.2, -0.15) is 12.6 Å². The predicted octanol–water partition coefficient (Wildman–Crippen LogP) is 0.526. The Balaban J connectivity index is 2.08. The average Bonchev–Trinajstić information content (AvgIpc) is 2.95. The topological polar surface area (TPSA) is 119 Å². The number of hydrogen-bond donors (Lipinski definition) is 5. The van der Waals surface area contributed by atoms with E-state index in [4.69, 9.17) is 10.1 Å². The van der Waals surface area contributed by atoms with Crippen molar-refractivity contribution in [3.05, 3.63) is 29.8 Å². The summed E-state index contributed by atoms with van der Waals surface area (Å²) in [6.45, 7) is 0.329. The van der Waals surface area contributed by atoms with Crippen molar-refractivity contribution in [2.45, 2.75) is 17.7 Å². The molecule has 0 aromatic heterocycles. The summed E-state index contributed by atoms with van der Waals surface area (Å²) in [4.78, 5) is 39.4. The zero-order valence-electron chi connectivity index (χ0n) is 12.5. The fourth-order valence-corrected chi connectivity index (χ4v) is 3.36. The number of nitrogens with one attached hydrogen (secondary N) is 2. The Morgan fingerprint density at radius 2 is 2.12 bits per heavy atom. The Labute approximate surface area is 146 Å². The number of carboxylic acid groups (broad SMARTS) is 1. The number of nitrogens with zero attached hydrogens (tertiary/aromatic N) is 1. The van der Waals surface area contributed by atoms with Gasteiger partial charge in [-0.1, -0.05) is 6.07 Å². The number of carbonyl (C=O) groups is 3. The van der Waals surface area contributed by atoms with Gasteiger partial charge in [0.25, 0.3) is 5.65 Å². The molecule has 0 aliphatic carbocycles. The third-order valence-corrected chi connectivity index (χ3v) is 4.61. The summed E-state index contributed by atoms with van der Waals surface area (Å²) in [7, 11) is 0.288. The van der Waals surface area contributed by atoms with Crippen LogP contribution in [0.5, 0.6) is 0 Å². The Morgan fingerprint density at radius 3 is 2.79 bits per heavy atom. The Morgan fingerprint density at radius 1 is 1.38 bits per heavy atom. The molecule has 0 bridgehead atoms. The maximum Gasteiger partial charge on any atom is 0.397 e. The van der Waals surface area contributed by atoms with Crippen LogP contribution in [-0.4, -0.2) is 58.0 Å². The van der Waals surface area contributed by atoms with Crippen LogP contribution in [0.4, 0.5) is 10.5 Å². The van der Waals surface area contributed by atoms with Crippen LogP contribution in [-0.2, 0) is 4.79 Å². The van der Waals surface area contributed by atoms with E-state index in [1.165, 1.54) is 23.1 Å². The van der Waals surface area contributed by atoms with Gasteiger partial charge in [0.1, 0.15) is 6.04 Å². The predicted molar refractivity (Wildman–Crippen MR) is 94.7 cm³/mol. The third-order valence-electron chi connectivity index (χ3n) is 3.46. The second kappa shape index (κ2) is 8.48. The molecule has 1 radical (unpaired) electrons. The molecule has 8 nitrogen and oxygen atoms in total. The van der Waals surface area contributed by atoms with Crippen LogP contribution in [0.1, 0.15) is 16.8 Å². The molecule has 1 saturated heterocycles. The van der Waals surface area contributed by atoms with Gasteiger partial charge < -0.3 is 25.3 Å². The summed E-state index contributed by atoms with van der Waals surface area (Å²) in [6.07, 6.45) is 0.395. The number of carbonyl (C=O) groups excluding carboxylic acids is 2. The maximum atomic E-state index is 12.5. The van der Waals surface area contributed by atoms with E-state index >= 15 is 0 Å². The van der Waals surface area contributed by atoms with E-state index in [2.05, 4.69) is 22.9 Å². The lowest BCUT2D eigenvalue weighted by atomic mass is 10.1. The molecule has 11 heteroatoms. The quantitative estimate of drug-likeness (QED) is 0.284. The lowest BCUT2D eigenvalue weighted by molar-refractivity contribution is -0.119. The van der Waals surface area contributed by atoms with Crippen LogP contribution in [0.25, 0.3) is 0 Å². The first-order valence-electron chi connectivity index (χ1n) is 7.02. The van der Waals surface area contributed by atoms with Gasteiger partial charge in [-0.3, -0.25) is 9.59 Å². The largest absolute Gasteiger partial charge is 0.478 e. The van der Waals surface area contributed by atoms with Crippen molar-refractivity contribution < 1.29 is 24.5 Å². The number of carboxylic acids is 1. The molecule has 1 aliphatic rings. The highest BCUT2D eigenvalue weighted by atomic mass is 32.1. The number of hydrogen-bond acceptors (Lipinski definition) is 6. The van der Waals surface area contributed by atoms with Gasteiger partial charge in [-0.05, 0) is 24.6 Å². The first-order valence-corrected chi connectivity index (χ1v) is 8.54. The van der Waals surface area contributed by atoms with E-state index in [0.717, 1.165) is 0 Å². The Hall–Kier alpha value is -1.61. The average molecular weight is 368 g/mol. The molecule has 1 fully saturated rings. The number of thiol groups is 1. The third kappa shape index (κ3) is 4.70. The second-order valence-corrected chi connectivity index (χ2v) is 6.83. The van der Waals surface area contributed by atoms with Gasteiger partial charge in [0.15, 0.2) is 0 Å². The lowest BCUT2D eigenvalue weighted by Crippen LogP contribution is -2.42. The van der Waals surface area contributed by atoms with Gasteiger partial charge in [-0.15, -0.1) is 0 Å². The first kappa shape index (κ1) is 18.7. The summed E-state index contributed by atoms with van der Waals surface area (Å²) in [6, 6.07) is 5.18. The Kier molecular flexibility index (Phi) is 6.62. The van der Waals surface area contributed by atoms with Crippen LogP contribution >= 0.6 is 21.4 Å². The summed E-state index contributed by atoms with van der Waals surface area (Å²) in [5, 5.41) is 20.1. The van der Waals surface area contributed by atoms with Crippen LogP contribution in [0.3, 0.4) is 0 Å². The second-order valence-electron chi connectivity index (χ2n) is 5.14. The van der Waals surface area contributed by atoms with Crippen molar-refractivity contribution in [2.24, 2.45) is 0 Å². The monoisotopic (exact) mass is 368 g/mol. The zero-order valence-corrected chi connectivity index (χ0v) is 14.4. The summed E-state index contributed by atoms with van der Waals surface area (Å²) >= 11 is 4.33. The van der Waals surface area contributed by atoms with Crippen LogP contribution < -0.4 is 10.3 Å². The number of amides is 2. The molecule has 2 amide bonds. The highest BCUT2D eigenvalue weighted by molar-refractivity contribution is 7.81. The molecule has 1 aromatic rings. The van der Waals surface area contributed by atoms with Crippen molar-refractivity contribution in [3.63, 3.8) is 0 Å². The van der Waals surface area contributed by atoms with E-state index < -0.39 is 17.9 Å². The molecule has 2 rings (SSSR count). The summed E-state index contributed by atoms with van der Waals surface area (Å²) in [5.74, 6) is -1.49. The standard InChI is InChI=1S/C13H16BN3O5PS/c18-11(15-8-3-1-2-7(4-8)12(19)20)10-5-9(24)6-17(10)13(21)23-16-14-22/h1-4,9-10,16,22-24H,5-6H2,(H,15,18)(H,19,20)/t9-,10-/m0/s1. The lowest BCUT2D eigenvalue weighted by Gasteiger charge is -2.23. The number of rotatable bonds is 6. The smallest absolute Gasteiger partial charge is 0.397 e. The van der Waals surface area contributed by atoms with Crippen molar-refractivity contribution in [3.8, 4) is 0 Å². The molecule has 1 aliphatic heterocycles. The molecule has 127 valence electrons. The molecular weight excluding hydrogens is 352 g/mol. The van der Waals surface area contributed by atoms with E-state index in [1.807, 2.05) is 0 Å². The highest BCUT2D eigenvalue weighted by Gasteiger charge is 2.38. The van der Waals surface area contributed by atoms with E-state index in [0.29, 0.717) is 26.3 Å². The summed E-state index contributed by atoms with van der Waals surface area (Å²) < 4.78 is 0. The van der Waals surface area contributed by atoms with E-state index in [9.17, 15) is 14.4 Å². The maximum absolute atomic E-state index is 12.5. The molecule has 0 spiro atoms. The number of anilines is 1. The van der Waals surface area contributed by atoms with Gasteiger partial charge >= 0.3 is 13.6 Å². The van der Waals surface area contributed by atoms with Crippen LogP contribution in [0.2, 0.25) is 0 Å². The van der Waals surface area contributed by atoms with Gasteiger partial charge in [0, 0.05) is 26.2 Å². The molecule has 4 N–H and O–H groups in total. The molecule has 1 heterocycles. The number of aromatic carboxylic acids is 1. The van der Waals surface area contributed by atoms with Crippen molar-refractivity contribution in [1.82, 2.24) is 9.90 Å². The van der Waals surface area contributed by atoms with Gasteiger partial charge in [0.05, 0.1) is 5.56 Å². The minimum atomic E-state index is -1.09. The first-order chi connectivity index (χ1) is 11.4. The Bertz CT molecular complexity index is 650. The van der Waals surface area contributed by atoms with Gasteiger partial charge in [0.2, 0.25) is 5.91 Å². The van der Waals surface area contributed by atoms with Crippen LogP contribution in [0, 0.1) is 0 Å². The van der Waals surface area contributed by atoms with Crippen LogP contribution in [0.15, 0.2) is 24.3 Å².